The molecule has 2 rings (SSSR count). The van der Waals surface area contributed by atoms with E-state index in [1.54, 1.807) is 0 Å². The van der Waals surface area contributed by atoms with E-state index in [-0.39, 0.29) is 17.1 Å². The number of ether oxygens (including phenoxy) is 3. The second kappa shape index (κ2) is 9.51. The van der Waals surface area contributed by atoms with Crippen molar-refractivity contribution in [3.05, 3.63) is 59.2 Å². The number of amides is 1. The number of methoxy groups -OCH3 is 1. The molecule has 0 saturated carbocycles. The summed E-state index contributed by atoms with van der Waals surface area (Å²) in [6.45, 7) is -1.22. The molecule has 27 heavy (non-hydrogen) atoms. The Bertz CT molecular complexity index is 793. The summed E-state index contributed by atoms with van der Waals surface area (Å²) in [5.41, 5.74) is 2.07. The zero-order chi connectivity index (χ0) is 19.8. The summed E-state index contributed by atoms with van der Waals surface area (Å²) in [6.07, 6.45) is 0. The summed E-state index contributed by atoms with van der Waals surface area (Å²) in [5, 5.41) is 2.63. The predicted molar refractivity (Wildman–Crippen MR) is 92.9 cm³/mol. The van der Waals surface area contributed by atoms with Crippen LogP contribution in [-0.4, -0.2) is 32.2 Å². The average Bonchev–Trinajstić information content (AvgIpc) is 2.65. The maximum absolute atomic E-state index is 12.3. The molecule has 2 aromatic carbocycles. The highest BCUT2D eigenvalue weighted by molar-refractivity contribution is 5.92. The van der Waals surface area contributed by atoms with Gasteiger partial charge in [0.25, 0.3) is 5.91 Å². The number of carbonyl (C=O) groups excluding carboxylic acids is 2. The van der Waals surface area contributed by atoms with Gasteiger partial charge in [0, 0.05) is 6.54 Å². The highest BCUT2D eigenvalue weighted by atomic mass is 19.3. The molecule has 1 amide bonds. The summed E-state index contributed by atoms with van der Waals surface area (Å²) < 4.78 is 38.7. The summed E-state index contributed by atoms with van der Waals surface area (Å²) in [7, 11) is 1.25. The van der Waals surface area contributed by atoms with Gasteiger partial charge in [0.05, 0.1) is 12.7 Å². The number of carbonyl (C=O) groups is 2. The first-order valence-electron chi connectivity index (χ1n) is 8.01. The van der Waals surface area contributed by atoms with Crippen molar-refractivity contribution in [3.63, 3.8) is 0 Å². The van der Waals surface area contributed by atoms with Gasteiger partial charge in [-0.15, -0.1) is 0 Å². The van der Waals surface area contributed by atoms with Crippen molar-refractivity contribution in [3.8, 4) is 11.5 Å². The molecule has 0 fully saturated rings. The van der Waals surface area contributed by atoms with Crippen LogP contribution in [-0.2, 0) is 16.1 Å². The third-order valence-electron chi connectivity index (χ3n) is 3.56. The van der Waals surface area contributed by atoms with Gasteiger partial charge < -0.3 is 19.5 Å². The Balaban J connectivity index is 1.87. The minimum Gasteiger partial charge on any atom is -0.493 e. The smallest absolute Gasteiger partial charge is 0.387 e. The molecular weight excluding hydrogens is 360 g/mol. The van der Waals surface area contributed by atoms with Crippen molar-refractivity contribution in [2.24, 2.45) is 0 Å². The number of nitrogens with one attached hydrogen (secondary N) is 1. The van der Waals surface area contributed by atoms with Gasteiger partial charge in [-0.3, -0.25) is 4.79 Å². The minimum atomic E-state index is -3.02. The Labute approximate surface area is 155 Å². The number of benzene rings is 2. The largest absolute Gasteiger partial charge is 0.493 e. The van der Waals surface area contributed by atoms with Crippen molar-refractivity contribution in [2.45, 2.75) is 20.1 Å². The molecule has 0 aliphatic rings. The minimum absolute atomic E-state index is 0.0415. The number of rotatable bonds is 8. The van der Waals surface area contributed by atoms with E-state index in [1.165, 1.54) is 25.3 Å². The van der Waals surface area contributed by atoms with Crippen LogP contribution in [0.15, 0.2) is 42.5 Å². The fraction of sp³-hybridized carbons (Fsp3) is 0.263. The van der Waals surface area contributed by atoms with Gasteiger partial charge in [-0.25, -0.2) is 4.79 Å². The standard InChI is InChI=1S/C19H19F2NO5/c1-12-3-5-13(6-4-12)10-22-17(23)11-26-18(24)14-7-8-15(27-19(20)21)16(9-14)25-2/h3-9,19H,10-11H2,1-2H3,(H,22,23). The highest BCUT2D eigenvalue weighted by Crippen LogP contribution is 2.29. The van der Waals surface area contributed by atoms with Gasteiger partial charge >= 0.3 is 12.6 Å². The van der Waals surface area contributed by atoms with E-state index in [9.17, 15) is 18.4 Å². The lowest BCUT2D eigenvalue weighted by molar-refractivity contribution is -0.124. The SMILES string of the molecule is COc1cc(C(=O)OCC(=O)NCc2ccc(C)cc2)ccc1OC(F)F. The normalized spacial score (nSPS) is 10.4. The molecule has 6 nitrogen and oxygen atoms in total. The van der Waals surface area contributed by atoms with E-state index in [2.05, 4.69) is 10.1 Å². The molecule has 0 aromatic heterocycles. The Morgan fingerprint density at radius 3 is 2.41 bits per heavy atom. The van der Waals surface area contributed by atoms with Crippen LogP contribution in [0.3, 0.4) is 0 Å². The quantitative estimate of drug-likeness (QED) is 0.714. The van der Waals surface area contributed by atoms with Crippen LogP contribution in [0, 0.1) is 6.92 Å². The molecule has 0 unspecified atom stereocenters. The molecule has 0 spiro atoms. The van der Waals surface area contributed by atoms with E-state index < -0.39 is 25.1 Å². The number of hydrogen-bond acceptors (Lipinski definition) is 5. The molecule has 0 bridgehead atoms. The Hall–Kier alpha value is -3.16. The monoisotopic (exact) mass is 379 g/mol. The third kappa shape index (κ3) is 6.25. The van der Waals surface area contributed by atoms with Crippen molar-refractivity contribution in [2.75, 3.05) is 13.7 Å². The first-order valence-corrected chi connectivity index (χ1v) is 8.01. The van der Waals surface area contributed by atoms with Crippen LogP contribution in [0.1, 0.15) is 21.5 Å². The molecule has 0 atom stereocenters. The molecule has 0 saturated heterocycles. The second-order valence-electron chi connectivity index (χ2n) is 5.58. The lowest BCUT2D eigenvalue weighted by Gasteiger charge is -2.11. The molecule has 0 aliphatic carbocycles. The number of esters is 1. The van der Waals surface area contributed by atoms with Crippen LogP contribution < -0.4 is 14.8 Å². The number of hydrogen-bond donors (Lipinski definition) is 1. The van der Waals surface area contributed by atoms with E-state index >= 15 is 0 Å². The first-order chi connectivity index (χ1) is 12.9. The van der Waals surface area contributed by atoms with E-state index in [0.29, 0.717) is 6.54 Å². The maximum Gasteiger partial charge on any atom is 0.387 e. The van der Waals surface area contributed by atoms with Gasteiger partial charge in [0.2, 0.25) is 0 Å². The van der Waals surface area contributed by atoms with Crippen LogP contribution >= 0.6 is 0 Å². The lowest BCUT2D eigenvalue weighted by atomic mass is 10.1. The summed E-state index contributed by atoms with van der Waals surface area (Å²) in [4.78, 5) is 23.8. The Morgan fingerprint density at radius 1 is 1.07 bits per heavy atom. The summed E-state index contributed by atoms with van der Waals surface area (Å²) in [5.74, 6) is -1.51. The molecule has 0 aliphatic heterocycles. The maximum atomic E-state index is 12.3. The number of aryl methyl sites for hydroxylation is 1. The number of alkyl halides is 2. The molecule has 0 heterocycles. The van der Waals surface area contributed by atoms with Crippen molar-refractivity contribution < 1.29 is 32.6 Å². The van der Waals surface area contributed by atoms with Gasteiger partial charge in [0.15, 0.2) is 18.1 Å². The summed E-state index contributed by atoms with van der Waals surface area (Å²) >= 11 is 0. The van der Waals surface area contributed by atoms with E-state index in [1.807, 2.05) is 31.2 Å². The topological polar surface area (TPSA) is 73.9 Å². The number of halogens is 2. The fourth-order valence-electron chi connectivity index (χ4n) is 2.16. The van der Waals surface area contributed by atoms with Crippen LogP contribution in [0.5, 0.6) is 11.5 Å². The van der Waals surface area contributed by atoms with Crippen LogP contribution in [0.25, 0.3) is 0 Å². The zero-order valence-corrected chi connectivity index (χ0v) is 14.8. The average molecular weight is 379 g/mol. The highest BCUT2D eigenvalue weighted by Gasteiger charge is 2.16. The fourth-order valence-corrected chi connectivity index (χ4v) is 2.16. The molecule has 2 aromatic rings. The Morgan fingerprint density at radius 2 is 1.78 bits per heavy atom. The molecule has 8 heteroatoms. The molecular formula is C19H19F2NO5. The van der Waals surface area contributed by atoms with Crippen molar-refractivity contribution >= 4 is 11.9 Å². The van der Waals surface area contributed by atoms with Gasteiger partial charge in [0.1, 0.15) is 0 Å². The Kier molecular flexibility index (Phi) is 7.10. The van der Waals surface area contributed by atoms with Crippen LogP contribution in [0.2, 0.25) is 0 Å². The van der Waals surface area contributed by atoms with E-state index in [4.69, 9.17) is 9.47 Å². The predicted octanol–water partition coefficient (Wildman–Crippen LogP) is 3.08. The van der Waals surface area contributed by atoms with Gasteiger partial charge in [-0.2, -0.15) is 8.78 Å². The van der Waals surface area contributed by atoms with Crippen molar-refractivity contribution in [1.29, 1.82) is 0 Å². The van der Waals surface area contributed by atoms with Crippen LogP contribution in [0.4, 0.5) is 8.78 Å². The zero-order valence-electron chi connectivity index (χ0n) is 14.8. The van der Waals surface area contributed by atoms with Gasteiger partial charge in [-0.05, 0) is 30.7 Å². The lowest BCUT2D eigenvalue weighted by Crippen LogP contribution is -2.28. The van der Waals surface area contributed by atoms with Crippen molar-refractivity contribution in [1.82, 2.24) is 5.32 Å². The van der Waals surface area contributed by atoms with Gasteiger partial charge in [-0.1, -0.05) is 29.8 Å². The molecule has 1 N–H and O–H groups in total. The first kappa shape index (κ1) is 20.2. The molecule has 0 radical (unpaired) electrons. The summed E-state index contributed by atoms with van der Waals surface area (Å²) in [6, 6.07) is 11.2. The van der Waals surface area contributed by atoms with E-state index in [0.717, 1.165) is 11.1 Å². The third-order valence-corrected chi connectivity index (χ3v) is 3.56. The molecule has 144 valence electrons. The second-order valence-corrected chi connectivity index (χ2v) is 5.58.